The van der Waals surface area contributed by atoms with Crippen LogP contribution in [-0.4, -0.2) is 30.5 Å². The first kappa shape index (κ1) is 10.7. The van der Waals surface area contributed by atoms with E-state index in [2.05, 4.69) is 26.3 Å². The normalized spacial score (nSPS) is 13.2. The molecule has 74 valence electrons. The largest absolute Gasteiger partial charge is 0.383 e. The lowest BCUT2D eigenvalue weighted by Crippen LogP contribution is -2.24. The molecule has 0 saturated carbocycles. The summed E-state index contributed by atoms with van der Waals surface area (Å²) in [5.41, 5.74) is 1.10. The van der Waals surface area contributed by atoms with Crippen LogP contribution in [0, 0.1) is 0 Å². The van der Waals surface area contributed by atoms with Crippen LogP contribution < -0.4 is 5.32 Å². The van der Waals surface area contributed by atoms with E-state index in [1.165, 1.54) is 0 Å². The minimum Gasteiger partial charge on any atom is -0.383 e. The van der Waals surface area contributed by atoms with Crippen LogP contribution in [0.1, 0.15) is 11.7 Å². The van der Waals surface area contributed by atoms with Crippen LogP contribution in [0.25, 0.3) is 0 Å². The summed E-state index contributed by atoms with van der Waals surface area (Å²) < 4.78 is 7.95. The number of ether oxygens (including phenoxy) is 1. The third-order valence-electron chi connectivity index (χ3n) is 1.95. The van der Waals surface area contributed by atoms with E-state index in [1.807, 2.05) is 18.8 Å². The van der Waals surface area contributed by atoms with Gasteiger partial charge in [-0.15, -0.1) is 0 Å². The van der Waals surface area contributed by atoms with Crippen molar-refractivity contribution in [3.8, 4) is 0 Å². The highest BCUT2D eigenvalue weighted by Gasteiger charge is 2.16. The number of likely N-dealkylation sites (N-methyl/N-ethyl adjacent to an activating group) is 1. The molecule has 0 amide bonds. The Kier molecular flexibility index (Phi) is 3.90. The van der Waals surface area contributed by atoms with Crippen molar-refractivity contribution >= 4 is 15.9 Å². The van der Waals surface area contributed by atoms with E-state index in [1.54, 1.807) is 13.3 Å². The van der Waals surface area contributed by atoms with Crippen LogP contribution in [0.5, 0.6) is 0 Å². The van der Waals surface area contributed by atoms with Gasteiger partial charge >= 0.3 is 0 Å². The summed E-state index contributed by atoms with van der Waals surface area (Å²) in [5.74, 6) is 0. The quantitative estimate of drug-likeness (QED) is 0.866. The number of halogens is 1. The molecule has 0 saturated heterocycles. The van der Waals surface area contributed by atoms with Gasteiger partial charge in [0, 0.05) is 14.2 Å². The predicted octanol–water partition coefficient (Wildman–Crippen LogP) is 1.09. The van der Waals surface area contributed by atoms with Gasteiger partial charge in [-0.25, -0.2) is 0 Å². The Morgan fingerprint density at radius 3 is 2.85 bits per heavy atom. The maximum Gasteiger partial charge on any atom is 0.0738 e. The standard InChI is InChI=1S/C8H14BrN3O/c1-10-7(5-13-3)8-6(9)4-11-12(8)2/h4,7,10H,5H2,1-3H3. The summed E-state index contributed by atoms with van der Waals surface area (Å²) in [6, 6.07) is 0.173. The molecule has 0 aliphatic rings. The zero-order valence-electron chi connectivity index (χ0n) is 8.04. The molecule has 1 unspecified atom stereocenters. The third kappa shape index (κ3) is 2.30. The van der Waals surface area contributed by atoms with E-state index < -0.39 is 0 Å². The SMILES string of the molecule is CNC(COC)c1c(Br)cnn1C. The van der Waals surface area contributed by atoms with Gasteiger partial charge in [-0.3, -0.25) is 4.68 Å². The van der Waals surface area contributed by atoms with E-state index >= 15 is 0 Å². The van der Waals surface area contributed by atoms with Crippen LogP contribution in [0.2, 0.25) is 0 Å². The van der Waals surface area contributed by atoms with Crippen LogP contribution in [0.3, 0.4) is 0 Å². The molecule has 4 nitrogen and oxygen atoms in total. The Hall–Kier alpha value is -0.390. The number of aromatic nitrogens is 2. The maximum absolute atomic E-state index is 5.10. The minimum absolute atomic E-state index is 0.173. The number of aryl methyl sites for hydroxylation is 1. The molecule has 1 N–H and O–H groups in total. The Labute approximate surface area is 86.4 Å². The van der Waals surface area contributed by atoms with Gasteiger partial charge < -0.3 is 10.1 Å². The molecule has 5 heteroatoms. The molecule has 1 aromatic rings. The zero-order valence-corrected chi connectivity index (χ0v) is 9.63. The lowest BCUT2D eigenvalue weighted by Gasteiger charge is -2.15. The second-order valence-corrected chi connectivity index (χ2v) is 3.65. The van der Waals surface area contributed by atoms with Crippen molar-refractivity contribution in [3.63, 3.8) is 0 Å². The van der Waals surface area contributed by atoms with Crippen molar-refractivity contribution in [1.82, 2.24) is 15.1 Å². The number of rotatable bonds is 4. The van der Waals surface area contributed by atoms with Gasteiger partial charge in [0.1, 0.15) is 0 Å². The molecule has 0 spiro atoms. The summed E-state index contributed by atoms with van der Waals surface area (Å²) in [7, 11) is 5.51. The van der Waals surface area contributed by atoms with Crippen molar-refractivity contribution in [3.05, 3.63) is 16.4 Å². The van der Waals surface area contributed by atoms with Gasteiger partial charge in [0.2, 0.25) is 0 Å². The lowest BCUT2D eigenvalue weighted by molar-refractivity contribution is 0.167. The van der Waals surface area contributed by atoms with Gasteiger partial charge in [-0.05, 0) is 23.0 Å². The lowest BCUT2D eigenvalue weighted by atomic mass is 10.2. The fourth-order valence-corrected chi connectivity index (χ4v) is 1.90. The molecule has 0 fully saturated rings. The van der Waals surface area contributed by atoms with Gasteiger partial charge in [-0.2, -0.15) is 5.10 Å². The van der Waals surface area contributed by atoms with Crippen LogP contribution in [0.15, 0.2) is 10.7 Å². The molecule has 1 atom stereocenters. The minimum atomic E-state index is 0.173. The number of hydrogen-bond donors (Lipinski definition) is 1. The monoisotopic (exact) mass is 247 g/mol. The molecule has 1 heterocycles. The first-order chi connectivity index (χ1) is 6.20. The van der Waals surface area contributed by atoms with E-state index in [9.17, 15) is 0 Å². The van der Waals surface area contributed by atoms with Crippen molar-refractivity contribution in [2.45, 2.75) is 6.04 Å². The van der Waals surface area contributed by atoms with Gasteiger partial charge in [0.25, 0.3) is 0 Å². The molecule has 1 aromatic heterocycles. The first-order valence-electron chi connectivity index (χ1n) is 4.04. The molecule has 0 aliphatic heterocycles. The predicted molar refractivity (Wildman–Crippen MR) is 54.6 cm³/mol. The average Bonchev–Trinajstić information content (AvgIpc) is 2.43. The molecule has 0 aliphatic carbocycles. The zero-order chi connectivity index (χ0) is 9.84. The van der Waals surface area contributed by atoms with E-state index in [-0.39, 0.29) is 6.04 Å². The summed E-state index contributed by atoms with van der Waals surface area (Å²) >= 11 is 3.45. The van der Waals surface area contributed by atoms with Crippen molar-refractivity contribution in [2.24, 2.45) is 7.05 Å². The molecular weight excluding hydrogens is 234 g/mol. The van der Waals surface area contributed by atoms with Gasteiger partial charge in [0.15, 0.2) is 0 Å². The average molecular weight is 248 g/mol. The van der Waals surface area contributed by atoms with Crippen molar-refractivity contribution in [1.29, 1.82) is 0 Å². The smallest absolute Gasteiger partial charge is 0.0738 e. The van der Waals surface area contributed by atoms with E-state index in [4.69, 9.17) is 4.74 Å². The molecule has 0 radical (unpaired) electrons. The highest BCUT2D eigenvalue weighted by atomic mass is 79.9. The highest BCUT2D eigenvalue weighted by molar-refractivity contribution is 9.10. The van der Waals surface area contributed by atoms with E-state index in [0.717, 1.165) is 10.2 Å². The first-order valence-corrected chi connectivity index (χ1v) is 4.83. The topological polar surface area (TPSA) is 39.1 Å². The molecule has 1 rings (SSSR count). The fraction of sp³-hybridized carbons (Fsp3) is 0.625. The van der Waals surface area contributed by atoms with Crippen molar-refractivity contribution in [2.75, 3.05) is 20.8 Å². The number of hydrogen-bond acceptors (Lipinski definition) is 3. The number of nitrogens with zero attached hydrogens (tertiary/aromatic N) is 2. The van der Waals surface area contributed by atoms with Crippen LogP contribution in [-0.2, 0) is 11.8 Å². The molecular formula is C8H14BrN3O. The summed E-state index contributed by atoms with van der Waals surface area (Å²) in [6.07, 6.45) is 1.79. The fourth-order valence-electron chi connectivity index (χ4n) is 1.28. The summed E-state index contributed by atoms with van der Waals surface area (Å²) in [5, 5.41) is 7.31. The molecule has 0 aromatic carbocycles. The maximum atomic E-state index is 5.10. The number of methoxy groups -OCH3 is 1. The molecule has 0 bridgehead atoms. The van der Waals surface area contributed by atoms with Crippen LogP contribution in [0.4, 0.5) is 0 Å². The van der Waals surface area contributed by atoms with Gasteiger partial charge in [0.05, 0.1) is 29.0 Å². The Bertz CT molecular complexity index is 255. The van der Waals surface area contributed by atoms with Gasteiger partial charge in [-0.1, -0.05) is 0 Å². The van der Waals surface area contributed by atoms with Crippen molar-refractivity contribution < 1.29 is 4.74 Å². The Balaban J connectivity index is 2.89. The highest BCUT2D eigenvalue weighted by Crippen LogP contribution is 2.22. The summed E-state index contributed by atoms with van der Waals surface area (Å²) in [6.45, 7) is 0.634. The summed E-state index contributed by atoms with van der Waals surface area (Å²) in [4.78, 5) is 0. The molecule has 13 heavy (non-hydrogen) atoms. The second-order valence-electron chi connectivity index (χ2n) is 2.80. The van der Waals surface area contributed by atoms with Crippen LogP contribution >= 0.6 is 15.9 Å². The second kappa shape index (κ2) is 4.74. The third-order valence-corrected chi connectivity index (χ3v) is 2.56. The Morgan fingerprint density at radius 1 is 1.77 bits per heavy atom. The van der Waals surface area contributed by atoms with E-state index in [0.29, 0.717) is 6.61 Å². The number of nitrogens with one attached hydrogen (secondary N) is 1. The Morgan fingerprint density at radius 2 is 2.46 bits per heavy atom.